The highest BCUT2D eigenvalue weighted by molar-refractivity contribution is 5.97. The Kier molecular flexibility index (Phi) is 5.70. The quantitative estimate of drug-likeness (QED) is 0.449. The van der Waals surface area contributed by atoms with Gasteiger partial charge in [0, 0.05) is 31.6 Å². The van der Waals surface area contributed by atoms with Gasteiger partial charge in [-0.1, -0.05) is 48.5 Å². The fourth-order valence-corrected chi connectivity index (χ4v) is 3.89. The summed E-state index contributed by atoms with van der Waals surface area (Å²) in [6.45, 7) is 9.60. The molecule has 0 aromatic heterocycles. The van der Waals surface area contributed by atoms with Crippen LogP contribution >= 0.6 is 0 Å². The third-order valence-electron chi connectivity index (χ3n) is 5.51. The summed E-state index contributed by atoms with van der Waals surface area (Å²) >= 11 is 0. The summed E-state index contributed by atoms with van der Waals surface area (Å²) in [6.07, 6.45) is 1.27. The third kappa shape index (κ3) is 4.46. The molecule has 0 bridgehead atoms. The average molecular weight is 391 g/mol. The van der Waals surface area contributed by atoms with E-state index < -0.39 is 0 Å². The zero-order valence-corrected chi connectivity index (χ0v) is 16.6. The summed E-state index contributed by atoms with van der Waals surface area (Å²) < 4.78 is 0. The number of rotatable bonds is 5. The molecular weight excluding hydrogens is 370 g/mol. The maximum absolute atomic E-state index is 12.7. The number of Topliss-reactive ketones (excluding diaryl/α,β-unsaturated/α-hetero) is 1. The molecule has 0 spiro atoms. The van der Waals surface area contributed by atoms with Crippen LogP contribution in [0.25, 0.3) is 4.85 Å². The number of nitriles is 1. The van der Waals surface area contributed by atoms with Crippen LogP contribution in [-0.4, -0.2) is 17.2 Å². The number of nitrogens with zero attached hydrogens (tertiary/aromatic N) is 3. The van der Waals surface area contributed by atoms with Crippen molar-refractivity contribution in [3.8, 4) is 6.07 Å². The van der Waals surface area contributed by atoms with Gasteiger partial charge in [0.2, 0.25) is 0 Å². The summed E-state index contributed by atoms with van der Waals surface area (Å²) in [7, 11) is 0. The van der Waals surface area contributed by atoms with E-state index in [1.54, 1.807) is 12.1 Å². The predicted octanol–water partition coefficient (Wildman–Crippen LogP) is 5.09. The fourth-order valence-electron chi connectivity index (χ4n) is 3.89. The highest BCUT2D eigenvalue weighted by Gasteiger charge is 2.17. The number of benzene rings is 3. The van der Waals surface area contributed by atoms with Crippen molar-refractivity contribution in [1.29, 1.82) is 5.26 Å². The van der Waals surface area contributed by atoms with Crippen molar-refractivity contribution in [3.63, 3.8) is 0 Å². The molecule has 0 N–H and O–H groups in total. The van der Waals surface area contributed by atoms with Gasteiger partial charge in [0.15, 0.2) is 11.5 Å². The standard InChI is InChI=1S/C26H21N3O/c1-28-25-9-6-19(7-10-25)15-26(30)23-4-2-3-21(14-23)17-29-12-11-22-13-20(16-27)5-8-24(22)18-29/h2-10,13-14H,11-12,15,17-18H2. The van der Waals surface area contributed by atoms with Crippen LogP contribution in [0.15, 0.2) is 66.7 Å². The van der Waals surface area contributed by atoms with E-state index in [9.17, 15) is 4.79 Å². The Morgan fingerprint density at radius 3 is 2.63 bits per heavy atom. The zero-order valence-electron chi connectivity index (χ0n) is 16.6. The van der Waals surface area contributed by atoms with E-state index in [1.807, 2.05) is 42.5 Å². The maximum atomic E-state index is 12.7. The van der Waals surface area contributed by atoms with E-state index in [-0.39, 0.29) is 5.78 Å². The normalized spacial score (nSPS) is 13.1. The topological polar surface area (TPSA) is 48.5 Å². The zero-order chi connectivity index (χ0) is 20.9. The molecule has 0 aliphatic carbocycles. The Balaban J connectivity index is 1.42. The maximum Gasteiger partial charge on any atom is 0.187 e. The molecule has 0 unspecified atom stereocenters. The van der Waals surface area contributed by atoms with E-state index in [4.69, 9.17) is 11.8 Å². The number of carbonyl (C=O) groups is 1. The van der Waals surface area contributed by atoms with Crippen LogP contribution in [-0.2, 0) is 25.9 Å². The number of fused-ring (bicyclic) bond motifs is 1. The van der Waals surface area contributed by atoms with Crippen LogP contribution in [0.1, 0.15) is 38.2 Å². The summed E-state index contributed by atoms with van der Waals surface area (Å²) in [5.74, 6) is 0.0837. The molecule has 30 heavy (non-hydrogen) atoms. The lowest BCUT2D eigenvalue weighted by Crippen LogP contribution is -2.30. The molecule has 3 aromatic carbocycles. The molecule has 0 fully saturated rings. The second kappa shape index (κ2) is 8.74. The minimum absolute atomic E-state index is 0.0837. The van der Waals surface area contributed by atoms with Crippen LogP contribution in [0, 0.1) is 17.9 Å². The fraction of sp³-hybridized carbons (Fsp3) is 0.192. The van der Waals surface area contributed by atoms with Gasteiger partial charge in [-0.2, -0.15) is 5.26 Å². The van der Waals surface area contributed by atoms with Gasteiger partial charge in [0.1, 0.15) is 0 Å². The molecule has 1 aliphatic heterocycles. The molecule has 1 aliphatic rings. The molecule has 0 saturated carbocycles. The highest BCUT2D eigenvalue weighted by atomic mass is 16.1. The van der Waals surface area contributed by atoms with Crippen molar-refractivity contribution in [2.24, 2.45) is 0 Å². The molecule has 0 radical (unpaired) electrons. The summed E-state index contributed by atoms with van der Waals surface area (Å²) in [6, 6.07) is 23.2. The van der Waals surface area contributed by atoms with E-state index in [0.29, 0.717) is 12.1 Å². The van der Waals surface area contributed by atoms with Gasteiger partial charge in [-0.05, 0) is 46.9 Å². The molecule has 4 nitrogen and oxygen atoms in total. The second-order valence-corrected chi connectivity index (χ2v) is 7.63. The molecule has 0 saturated heterocycles. The third-order valence-corrected chi connectivity index (χ3v) is 5.51. The summed E-state index contributed by atoms with van der Waals surface area (Å²) in [4.78, 5) is 18.5. The molecule has 146 valence electrons. The summed E-state index contributed by atoms with van der Waals surface area (Å²) in [5, 5.41) is 9.07. The molecule has 4 heteroatoms. The predicted molar refractivity (Wildman–Crippen MR) is 116 cm³/mol. The lowest BCUT2D eigenvalue weighted by Gasteiger charge is -2.29. The first-order chi connectivity index (χ1) is 14.6. The van der Waals surface area contributed by atoms with Crippen LogP contribution in [0.2, 0.25) is 0 Å². The van der Waals surface area contributed by atoms with E-state index >= 15 is 0 Å². The van der Waals surface area contributed by atoms with Gasteiger partial charge in [-0.3, -0.25) is 9.69 Å². The first-order valence-electron chi connectivity index (χ1n) is 9.97. The number of hydrogen-bond donors (Lipinski definition) is 0. The van der Waals surface area contributed by atoms with Crippen molar-refractivity contribution in [2.75, 3.05) is 6.54 Å². The minimum Gasteiger partial charge on any atom is -0.294 e. The van der Waals surface area contributed by atoms with Gasteiger partial charge >= 0.3 is 0 Å². The number of hydrogen-bond acceptors (Lipinski definition) is 3. The van der Waals surface area contributed by atoms with Gasteiger partial charge in [-0.15, -0.1) is 0 Å². The highest BCUT2D eigenvalue weighted by Crippen LogP contribution is 2.22. The van der Waals surface area contributed by atoms with Crippen LogP contribution in [0.5, 0.6) is 0 Å². The molecule has 3 aromatic rings. The molecular formula is C26H21N3O. The van der Waals surface area contributed by atoms with E-state index in [2.05, 4.69) is 27.9 Å². The Labute approximate surface area is 176 Å². The average Bonchev–Trinajstić information content (AvgIpc) is 2.79. The Morgan fingerprint density at radius 1 is 1.03 bits per heavy atom. The van der Waals surface area contributed by atoms with Crippen molar-refractivity contribution in [3.05, 3.63) is 112 Å². The van der Waals surface area contributed by atoms with Crippen molar-refractivity contribution in [1.82, 2.24) is 4.90 Å². The largest absolute Gasteiger partial charge is 0.294 e. The van der Waals surface area contributed by atoms with Gasteiger partial charge in [-0.25, -0.2) is 4.85 Å². The second-order valence-electron chi connectivity index (χ2n) is 7.63. The molecule has 1 heterocycles. The Hall–Kier alpha value is -3.73. The van der Waals surface area contributed by atoms with Crippen LogP contribution in [0.4, 0.5) is 5.69 Å². The molecule has 0 atom stereocenters. The van der Waals surface area contributed by atoms with Crippen molar-refractivity contribution >= 4 is 11.5 Å². The monoisotopic (exact) mass is 391 g/mol. The van der Waals surface area contributed by atoms with Crippen LogP contribution < -0.4 is 0 Å². The summed E-state index contributed by atoms with van der Waals surface area (Å²) in [5.41, 5.74) is 6.60. The molecule has 0 amide bonds. The van der Waals surface area contributed by atoms with E-state index in [1.165, 1.54) is 11.1 Å². The Bertz CT molecular complexity index is 1170. The first-order valence-corrected chi connectivity index (χ1v) is 9.97. The van der Waals surface area contributed by atoms with Crippen molar-refractivity contribution in [2.45, 2.75) is 25.9 Å². The smallest absolute Gasteiger partial charge is 0.187 e. The lowest BCUT2D eigenvalue weighted by molar-refractivity contribution is 0.0992. The number of carbonyl (C=O) groups excluding carboxylic acids is 1. The lowest BCUT2D eigenvalue weighted by atomic mass is 9.96. The first kappa shape index (κ1) is 19.6. The van der Waals surface area contributed by atoms with Gasteiger partial charge < -0.3 is 0 Å². The number of ketones is 1. The molecule has 4 rings (SSSR count). The van der Waals surface area contributed by atoms with Crippen molar-refractivity contribution < 1.29 is 4.79 Å². The SMILES string of the molecule is [C-]#[N+]c1ccc(CC(=O)c2cccc(CN3CCc4cc(C#N)ccc4C3)c2)cc1. The Morgan fingerprint density at radius 2 is 1.87 bits per heavy atom. The van der Waals surface area contributed by atoms with Gasteiger partial charge in [0.25, 0.3) is 0 Å². The van der Waals surface area contributed by atoms with Crippen LogP contribution in [0.3, 0.4) is 0 Å². The van der Waals surface area contributed by atoms with E-state index in [0.717, 1.165) is 48.3 Å². The van der Waals surface area contributed by atoms with Gasteiger partial charge in [0.05, 0.1) is 18.2 Å². The minimum atomic E-state index is 0.0837.